The van der Waals surface area contributed by atoms with E-state index in [1.165, 1.54) is 18.2 Å². The zero-order valence-electron chi connectivity index (χ0n) is 16.1. The van der Waals surface area contributed by atoms with E-state index < -0.39 is 17.6 Å². The Morgan fingerprint density at radius 3 is 2.52 bits per heavy atom. The standard InChI is InChI=1S/C21H20F3N3OS/c1-12-8-9-17(13(2)10-12)27-20-26-14(3)18(29-20)19(28)25-11-15-6-4-5-7-16(15)21(22,23)24/h4-10H,11H2,1-3H3,(H,25,28)(H,26,27). The Morgan fingerprint density at radius 1 is 1.10 bits per heavy atom. The molecule has 0 bridgehead atoms. The number of anilines is 2. The summed E-state index contributed by atoms with van der Waals surface area (Å²) >= 11 is 1.16. The van der Waals surface area contributed by atoms with E-state index in [0.29, 0.717) is 15.7 Å². The molecule has 2 N–H and O–H groups in total. The van der Waals surface area contributed by atoms with Crippen LogP contribution in [0.3, 0.4) is 0 Å². The van der Waals surface area contributed by atoms with Crippen molar-refractivity contribution in [3.05, 3.63) is 75.3 Å². The summed E-state index contributed by atoms with van der Waals surface area (Å²) in [7, 11) is 0. The number of carbonyl (C=O) groups excluding carboxylic acids is 1. The van der Waals surface area contributed by atoms with Gasteiger partial charge in [-0.15, -0.1) is 0 Å². The first-order chi connectivity index (χ1) is 13.6. The van der Waals surface area contributed by atoms with Crippen molar-refractivity contribution in [3.63, 3.8) is 0 Å². The first-order valence-corrected chi connectivity index (χ1v) is 9.72. The maximum Gasteiger partial charge on any atom is 0.416 e. The number of alkyl halides is 3. The van der Waals surface area contributed by atoms with Crippen LogP contribution in [-0.4, -0.2) is 10.9 Å². The van der Waals surface area contributed by atoms with Gasteiger partial charge in [-0.1, -0.05) is 47.2 Å². The molecule has 0 unspecified atom stereocenters. The summed E-state index contributed by atoms with van der Waals surface area (Å²) < 4.78 is 39.3. The molecule has 0 aliphatic heterocycles. The van der Waals surface area contributed by atoms with Gasteiger partial charge >= 0.3 is 6.18 Å². The molecule has 1 aromatic heterocycles. The normalized spacial score (nSPS) is 11.4. The molecular weight excluding hydrogens is 399 g/mol. The Bertz CT molecular complexity index is 1040. The number of aromatic nitrogens is 1. The lowest BCUT2D eigenvalue weighted by Crippen LogP contribution is -2.24. The number of nitrogens with one attached hydrogen (secondary N) is 2. The summed E-state index contributed by atoms with van der Waals surface area (Å²) in [6, 6.07) is 11.2. The quantitative estimate of drug-likeness (QED) is 0.553. The molecular formula is C21H20F3N3OS. The molecule has 29 heavy (non-hydrogen) atoms. The van der Waals surface area contributed by atoms with Gasteiger partial charge in [-0.05, 0) is 44.0 Å². The average Bonchev–Trinajstić information content (AvgIpc) is 3.02. The highest BCUT2D eigenvalue weighted by Gasteiger charge is 2.32. The molecule has 1 amide bonds. The summed E-state index contributed by atoms with van der Waals surface area (Å²) in [6.45, 7) is 5.46. The Morgan fingerprint density at radius 2 is 1.83 bits per heavy atom. The molecule has 0 fully saturated rings. The van der Waals surface area contributed by atoms with Crippen molar-refractivity contribution in [3.8, 4) is 0 Å². The van der Waals surface area contributed by atoms with Crippen molar-refractivity contribution in [1.29, 1.82) is 0 Å². The van der Waals surface area contributed by atoms with Crippen LogP contribution in [-0.2, 0) is 12.7 Å². The molecule has 0 saturated heterocycles. The fraction of sp³-hybridized carbons (Fsp3) is 0.238. The van der Waals surface area contributed by atoms with E-state index >= 15 is 0 Å². The highest BCUT2D eigenvalue weighted by molar-refractivity contribution is 7.17. The largest absolute Gasteiger partial charge is 0.416 e. The van der Waals surface area contributed by atoms with Gasteiger partial charge in [-0.3, -0.25) is 4.79 Å². The number of hydrogen-bond donors (Lipinski definition) is 2. The van der Waals surface area contributed by atoms with Gasteiger partial charge in [-0.2, -0.15) is 13.2 Å². The van der Waals surface area contributed by atoms with Crippen LogP contribution in [0, 0.1) is 20.8 Å². The molecule has 0 spiro atoms. The third-order valence-electron chi connectivity index (χ3n) is 4.39. The first kappa shape index (κ1) is 20.9. The summed E-state index contributed by atoms with van der Waals surface area (Å²) in [4.78, 5) is 17.3. The van der Waals surface area contributed by atoms with E-state index in [2.05, 4.69) is 15.6 Å². The van der Waals surface area contributed by atoms with E-state index in [1.54, 1.807) is 6.92 Å². The number of hydrogen-bond acceptors (Lipinski definition) is 4. The fourth-order valence-electron chi connectivity index (χ4n) is 2.94. The van der Waals surface area contributed by atoms with Crippen molar-refractivity contribution in [2.45, 2.75) is 33.5 Å². The van der Waals surface area contributed by atoms with Crippen LogP contribution >= 0.6 is 11.3 Å². The second-order valence-electron chi connectivity index (χ2n) is 6.71. The van der Waals surface area contributed by atoms with Gasteiger partial charge in [0.2, 0.25) is 0 Å². The monoisotopic (exact) mass is 419 g/mol. The van der Waals surface area contributed by atoms with Gasteiger partial charge in [0.05, 0.1) is 11.3 Å². The molecule has 0 radical (unpaired) electrons. The zero-order chi connectivity index (χ0) is 21.2. The number of thiazole rings is 1. The Balaban J connectivity index is 1.73. The third kappa shape index (κ3) is 4.95. The van der Waals surface area contributed by atoms with Crippen LogP contribution in [0.15, 0.2) is 42.5 Å². The number of halogens is 3. The van der Waals surface area contributed by atoms with Crippen LogP contribution in [0.1, 0.15) is 37.6 Å². The summed E-state index contributed by atoms with van der Waals surface area (Å²) in [5.41, 5.74) is 2.86. The van der Waals surface area contributed by atoms with E-state index in [1.807, 2.05) is 32.0 Å². The fourth-order valence-corrected chi connectivity index (χ4v) is 3.83. The Hall–Kier alpha value is -2.87. The molecule has 1 heterocycles. The molecule has 0 atom stereocenters. The van der Waals surface area contributed by atoms with Crippen LogP contribution in [0.2, 0.25) is 0 Å². The molecule has 3 rings (SSSR count). The lowest BCUT2D eigenvalue weighted by atomic mass is 10.1. The van der Waals surface area contributed by atoms with Gasteiger partial charge in [-0.25, -0.2) is 4.98 Å². The van der Waals surface area contributed by atoms with Crippen molar-refractivity contribution >= 4 is 28.1 Å². The van der Waals surface area contributed by atoms with Gasteiger partial charge in [0.25, 0.3) is 5.91 Å². The van der Waals surface area contributed by atoms with Crippen molar-refractivity contribution in [2.24, 2.45) is 0 Å². The van der Waals surface area contributed by atoms with Gasteiger partial charge in [0.1, 0.15) is 4.88 Å². The maximum atomic E-state index is 13.1. The van der Waals surface area contributed by atoms with Crippen molar-refractivity contribution in [1.82, 2.24) is 10.3 Å². The van der Waals surface area contributed by atoms with Crippen LogP contribution in [0.4, 0.5) is 24.0 Å². The molecule has 0 saturated carbocycles. The lowest BCUT2D eigenvalue weighted by Gasteiger charge is -2.13. The highest BCUT2D eigenvalue weighted by Crippen LogP contribution is 2.32. The predicted octanol–water partition coefficient (Wildman–Crippen LogP) is 5.76. The number of amides is 1. The first-order valence-electron chi connectivity index (χ1n) is 8.90. The molecule has 3 aromatic rings. The molecule has 0 aliphatic rings. The number of rotatable bonds is 5. The highest BCUT2D eigenvalue weighted by atomic mass is 32.1. The minimum Gasteiger partial charge on any atom is -0.347 e. The molecule has 8 heteroatoms. The number of aryl methyl sites for hydroxylation is 3. The van der Waals surface area contributed by atoms with Crippen molar-refractivity contribution < 1.29 is 18.0 Å². The summed E-state index contributed by atoms with van der Waals surface area (Å²) in [5.74, 6) is -0.453. The van der Waals surface area contributed by atoms with E-state index in [-0.39, 0.29) is 12.1 Å². The minimum absolute atomic E-state index is 0.0177. The van der Waals surface area contributed by atoms with Crippen LogP contribution in [0.25, 0.3) is 0 Å². The topological polar surface area (TPSA) is 54.0 Å². The predicted molar refractivity (Wildman–Crippen MR) is 109 cm³/mol. The molecule has 152 valence electrons. The molecule has 2 aromatic carbocycles. The molecule has 0 aliphatic carbocycles. The van der Waals surface area contributed by atoms with E-state index in [4.69, 9.17) is 0 Å². The van der Waals surface area contributed by atoms with Gasteiger partial charge in [0, 0.05) is 12.2 Å². The SMILES string of the molecule is Cc1ccc(Nc2nc(C)c(C(=O)NCc3ccccc3C(F)(F)F)s2)c(C)c1. The molecule has 4 nitrogen and oxygen atoms in total. The summed E-state index contributed by atoms with van der Waals surface area (Å²) in [6.07, 6.45) is -4.47. The average molecular weight is 419 g/mol. The van der Waals surface area contributed by atoms with Crippen LogP contribution < -0.4 is 10.6 Å². The van der Waals surface area contributed by atoms with Crippen molar-refractivity contribution in [2.75, 3.05) is 5.32 Å². The Labute approximate surface area is 170 Å². The number of nitrogens with zero attached hydrogens (tertiary/aromatic N) is 1. The summed E-state index contributed by atoms with van der Waals surface area (Å²) in [5, 5.41) is 6.32. The lowest BCUT2D eigenvalue weighted by molar-refractivity contribution is -0.138. The smallest absolute Gasteiger partial charge is 0.347 e. The van der Waals surface area contributed by atoms with Gasteiger partial charge in [0.15, 0.2) is 5.13 Å². The van der Waals surface area contributed by atoms with Gasteiger partial charge < -0.3 is 10.6 Å². The Kier molecular flexibility index (Phi) is 5.93. The second kappa shape index (κ2) is 8.24. The minimum atomic E-state index is -4.47. The zero-order valence-corrected chi connectivity index (χ0v) is 17.0. The number of benzene rings is 2. The maximum absolute atomic E-state index is 13.1. The second-order valence-corrected chi connectivity index (χ2v) is 7.71. The third-order valence-corrected chi connectivity index (χ3v) is 5.46. The number of carbonyl (C=O) groups is 1. The van der Waals surface area contributed by atoms with E-state index in [9.17, 15) is 18.0 Å². The van der Waals surface area contributed by atoms with Crippen LogP contribution in [0.5, 0.6) is 0 Å². The van der Waals surface area contributed by atoms with E-state index in [0.717, 1.165) is 34.2 Å².